The molecule has 2 aromatic rings. The van der Waals surface area contributed by atoms with E-state index in [9.17, 15) is 8.42 Å². The standard InChI is InChI=1S/C14H17N3O2S/c18-20(19,17-10-12-4-2-7-16-12)14-5-1-3-11-9-15-8-6-13(11)14/h1,3,5-6,8-9,12,16-17H,2,4,7,10H2. The first-order chi connectivity index (χ1) is 9.67. The molecule has 0 saturated carbocycles. The Kier molecular flexibility index (Phi) is 3.69. The monoisotopic (exact) mass is 291 g/mol. The fraction of sp³-hybridized carbons (Fsp3) is 0.357. The summed E-state index contributed by atoms with van der Waals surface area (Å²) in [6.45, 7) is 1.40. The van der Waals surface area contributed by atoms with Crippen LogP contribution in [-0.2, 0) is 10.0 Å². The normalized spacial score (nSPS) is 19.5. The van der Waals surface area contributed by atoms with Gasteiger partial charge in [0.15, 0.2) is 0 Å². The molecule has 1 fully saturated rings. The summed E-state index contributed by atoms with van der Waals surface area (Å²) in [4.78, 5) is 4.34. The maximum atomic E-state index is 12.4. The minimum absolute atomic E-state index is 0.237. The number of nitrogens with one attached hydrogen (secondary N) is 2. The number of pyridine rings is 1. The van der Waals surface area contributed by atoms with Crippen LogP contribution in [0.3, 0.4) is 0 Å². The minimum atomic E-state index is -3.49. The molecule has 1 saturated heterocycles. The van der Waals surface area contributed by atoms with Crippen molar-refractivity contribution in [3.05, 3.63) is 36.7 Å². The number of hydrogen-bond acceptors (Lipinski definition) is 4. The molecule has 0 aliphatic carbocycles. The van der Waals surface area contributed by atoms with Gasteiger partial charge in [-0.2, -0.15) is 0 Å². The van der Waals surface area contributed by atoms with Crippen molar-refractivity contribution >= 4 is 20.8 Å². The molecule has 106 valence electrons. The van der Waals surface area contributed by atoms with Crippen LogP contribution < -0.4 is 10.0 Å². The zero-order valence-electron chi connectivity index (χ0n) is 11.0. The average molecular weight is 291 g/mol. The summed E-state index contributed by atoms with van der Waals surface area (Å²) in [5.74, 6) is 0. The number of aromatic nitrogens is 1. The second-order valence-electron chi connectivity index (χ2n) is 5.00. The van der Waals surface area contributed by atoms with Crippen molar-refractivity contribution in [2.45, 2.75) is 23.8 Å². The number of sulfonamides is 1. The Morgan fingerprint density at radius 3 is 3.05 bits per heavy atom. The zero-order valence-corrected chi connectivity index (χ0v) is 11.9. The van der Waals surface area contributed by atoms with Crippen LogP contribution in [0.5, 0.6) is 0 Å². The number of hydrogen-bond donors (Lipinski definition) is 2. The van der Waals surface area contributed by atoms with E-state index in [4.69, 9.17) is 0 Å². The Labute approximate surface area is 118 Å². The molecule has 2 heterocycles. The predicted octanol–water partition coefficient (Wildman–Crippen LogP) is 1.27. The summed E-state index contributed by atoms with van der Waals surface area (Å²) in [5, 5.41) is 4.81. The maximum Gasteiger partial charge on any atom is 0.241 e. The van der Waals surface area contributed by atoms with E-state index in [-0.39, 0.29) is 6.04 Å². The van der Waals surface area contributed by atoms with E-state index in [1.807, 2.05) is 6.07 Å². The first-order valence-corrected chi connectivity index (χ1v) is 8.21. The fourth-order valence-electron chi connectivity index (χ4n) is 2.55. The molecule has 6 heteroatoms. The molecular weight excluding hydrogens is 274 g/mol. The lowest BCUT2D eigenvalue weighted by atomic mass is 10.2. The molecular formula is C14H17N3O2S. The van der Waals surface area contributed by atoms with Crippen molar-refractivity contribution in [2.24, 2.45) is 0 Å². The Balaban J connectivity index is 1.88. The van der Waals surface area contributed by atoms with E-state index in [0.717, 1.165) is 24.8 Å². The quantitative estimate of drug-likeness (QED) is 0.890. The number of fused-ring (bicyclic) bond motifs is 1. The Hall–Kier alpha value is -1.50. The van der Waals surface area contributed by atoms with E-state index in [2.05, 4.69) is 15.0 Å². The topological polar surface area (TPSA) is 71.1 Å². The first kappa shape index (κ1) is 13.5. The van der Waals surface area contributed by atoms with E-state index in [1.165, 1.54) is 0 Å². The summed E-state index contributed by atoms with van der Waals surface area (Å²) in [6.07, 6.45) is 5.40. The third-order valence-corrected chi connectivity index (χ3v) is 5.09. The minimum Gasteiger partial charge on any atom is -0.313 e. The summed E-state index contributed by atoms with van der Waals surface area (Å²) >= 11 is 0. The van der Waals surface area contributed by atoms with Crippen molar-refractivity contribution in [1.29, 1.82) is 0 Å². The molecule has 0 amide bonds. The van der Waals surface area contributed by atoms with Gasteiger partial charge in [0.2, 0.25) is 10.0 Å². The molecule has 1 aromatic heterocycles. The summed E-state index contributed by atoms with van der Waals surface area (Å²) in [5.41, 5.74) is 0. The second-order valence-corrected chi connectivity index (χ2v) is 6.73. The van der Waals surface area contributed by atoms with Gasteiger partial charge in [-0.3, -0.25) is 4.98 Å². The van der Waals surface area contributed by atoms with Crippen molar-refractivity contribution in [1.82, 2.24) is 15.0 Å². The van der Waals surface area contributed by atoms with Gasteiger partial charge in [-0.15, -0.1) is 0 Å². The van der Waals surface area contributed by atoms with Gasteiger partial charge >= 0.3 is 0 Å². The smallest absolute Gasteiger partial charge is 0.241 e. The first-order valence-electron chi connectivity index (χ1n) is 6.72. The number of nitrogens with zero attached hydrogens (tertiary/aromatic N) is 1. The zero-order chi connectivity index (χ0) is 14.0. The molecule has 20 heavy (non-hydrogen) atoms. The lowest BCUT2D eigenvalue weighted by Crippen LogP contribution is -2.37. The molecule has 2 N–H and O–H groups in total. The lowest BCUT2D eigenvalue weighted by molar-refractivity contribution is 0.552. The molecule has 0 bridgehead atoms. The largest absolute Gasteiger partial charge is 0.313 e. The highest BCUT2D eigenvalue weighted by molar-refractivity contribution is 7.89. The van der Waals surface area contributed by atoms with E-state index in [1.54, 1.807) is 30.6 Å². The maximum absolute atomic E-state index is 12.4. The van der Waals surface area contributed by atoms with Gasteiger partial charge in [-0.1, -0.05) is 12.1 Å². The second kappa shape index (κ2) is 5.47. The SMILES string of the molecule is O=S(=O)(NCC1CCCN1)c1cccc2cnccc12. The molecule has 1 aromatic carbocycles. The number of benzene rings is 1. The molecule has 0 spiro atoms. The highest BCUT2D eigenvalue weighted by Gasteiger charge is 2.20. The van der Waals surface area contributed by atoms with Gasteiger partial charge in [0, 0.05) is 35.8 Å². The Morgan fingerprint density at radius 2 is 2.25 bits per heavy atom. The highest BCUT2D eigenvalue weighted by Crippen LogP contribution is 2.21. The van der Waals surface area contributed by atoms with Crippen LogP contribution in [0.2, 0.25) is 0 Å². The van der Waals surface area contributed by atoms with E-state index < -0.39 is 10.0 Å². The highest BCUT2D eigenvalue weighted by atomic mass is 32.2. The van der Waals surface area contributed by atoms with Crippen LogP contribution in [0.4, 0.5) is 0 Å². The Morgan fingerprint density at radius 1 is 1.35 bits per heavy atom. The van der Waals surface area contributed by atoms with E-state index in [0.29, 0.717) is 16.8 Å². The van der Waals surface area contributed by atoms with Gasteiger partial charge in [0.05, 0.1) is 4.90 Å². The van der Waals surface area contributed by atoms with E-state index >= 15 is 0 Å². The van der Waals surface area contributed by atoms with Crippen molar-refractivity contribution in [3.63, 3.8) is 0 Å². The van der Waals surface area contributed by atoms with Crippen LogP contribution in [0.1, 0.15) is 12.8 Å². The van der Waals surface area contributed by atoms with Crippen LogP contribution in [0, 0.1) is 0 Å². The number of rotatable bonds is 4. The van der Waals surface area contributed by atoms with Gasteiger partial charge in [0.1, 0.15) is 0 Å². The van der Waals surface area contributed by atoms with Crippen molar-refractivity contribution in [2.75, 3.05) is 13.1 Å². The summed E-state index contributed by atoms with van der Waals surface area (Å²) in [7, 11) is -3.49. The van der Waals surface area contributed by atoms with Crippen LogP contribution in [0.15, 0.2) is 41.6 Å². The van der Waals surface area contributed by atoms with Crippen molar-refractivity contribution in [3.8, 4) is 0 Å². The van der Waals surface area contributed by atoms with Crippen LogP contribution in [0.25, 0.3) is 10.8 Å². The lowest BCUT2D eigenvalue weighted by Gasteiger charge is -2.13. The summed E-state index contributed by atoms with van der Waals surface area (Å²) < 4.78 is 27.6. The van der Waals surface area contributed by atoms with Gasteiger partial charge in [-0.25, -0.2) is 13.1 Å². The molecule has 0 radical (unpaired) electrons. The molecule has 1 aliphatic heterocycles. The van der Waals surface area contributed by atoms with Crippen molar-refractivity contribution < 1.29 is 8.42 Å². The molecule has 1 atom stereocenters. The third-order valence-electron chi connectivity index (χ3n) is 3.61. The summed E-state index contributed by atoms with van der Waals surface area (Å²) in [6, 6.07) is 7.21. The van der Waals surface area contributed by atoms with Gasteiger partial charge < -0.3 is 5.32 Å². The third kappa shape index (κ3) is 2.67. The van der Waals surface area contributed by atoms with Gasteiger partial charge in [-0.05, 0) is 31.5 Å². The van der Waals surface area contributed by atoms with Crippen LogP contribution in [-0.4, -0.2) is 32.5 Å². The molecule has 3 rings (SSSR count). The molecule has 5 nitrogen and oxygen atoms in total. The van der Waals surface area contributed by atoms with Crippen LogP contribution >= 0.6 is 0 Å². The molecule has 1 unspecified atom stereocenters. The molecule has 1 aliphatic rings. The Bertz CT molecular complexity index is 704. The van der Waals surface area contributed by atoms with Gasteiger partial charge in [0.25, 0.3) is 0 Å². The fourth-order valence-corrected chi connectivity index (χ4v) is 3.86. The predicted molar refractivity (Wildman–Crippen MR) is 78.0 cm³/mol. The average Bonchev–Trinajstić information content (AvgIpc) is 2.98.